The molecule has 4 rings (SSSR count). The minimum atomic E-state index is -0.576. The molecule has 0 radical (unpaired) electrons. The molecule has 2 aromatic heterocycles. The van der Waals surface area contributed by atoms with E-state index in [1.54, 1.807) is 25.6 Å². The number of tetrazole rings is 1. The number of aromatic nitrogens is 6. The Morgan fingerprint density at radius 1 is 1.15 bits per heavy atom. The Kier molecular flexibility index (Phi) is 6.82. The van der Waals surface area contributed by atoms with Crippen molar-refractivity contribution in [3.8, 4) is 17.1 Å². The fraction of sp³-hybridized carbons (Fsp3) is 0.261. The first-order valence-electron chi connectivity index (χ1n) is 10.7. The van der Waals surface area contributed by atoms with E-state index < -0.39 is 5.25 Å². The molecule has 1 N–H and O–H groups in total. The van der Waals surface area contributed by atoms with Crippen LogP contribution in [0.3, 0.4) is 0 Å². The van der Waals surface area contributed by atoms with Gasteiger partial charge in [-0.05, 0) is 55.5 Å². The zero-order valence-corrected chi connectivity index (χ0v) is 20.1. The van der Waals surface area contributed by atoms with Gasteiger partial charge in [-0.1, -0.05) is 42.1 Å². The van der Waals surface area contributed by atoms with Crippen molar-refractivity contribution in [3.63, 3.8) is 0 Å². The molecule has 34 heavy (non-hydrogen) atoms. The molecule has 0 saturated heterocycles. The molecule has 1 amide bonds. The van der Waals surface area contributed by atoms with Gasteiger partial charge < -0.3 is 10.1 Å². The van der Waals surface area contributed by atoms with Crippen LogP contribution >= 0.6 is 11.8 Å². The zero-order chi connectivity index (χ0) is 24.2. The molecule has 0 aliphatic carbocycles. The number of carbonyl (C=O) groups is 1. The van der Waals surface area contributed by atoms with Gasteiger partial charge in [0.05, 0.1) is 23.2 Å². The fourth-order valence-corrected chi connectivity index (χ4v) is 4.26. The van der Waals surface area contributed by atoms with E-state index in [2.05, 4.69) is 20.8 Å². The van der Waals surface area contributed by atoms with Crippen LogP contribution in [0.4, 0.5) is 5.69 Å². The highest BCUT2D eigenvalue weighted by Gasteiger charge is 2.24. The van der Waals surface area contributed by atoms with Crippen LogP contribution < -0.4 is 15.6 Å². The predicted molar refractivity (Wildman–Crippen MR) is 130 cm³/mol. The average Bonchev–Trinajstić information content (AvgIpc) is 3.38. The van der Waals surface area contributed by atoms with Crippen LogP contribution in [-0.4, -0.2) is 47.3 Å². The molecule has 0 aliphatic heterocycles. The molecule has 4 aromatic rings. The lowest BCUT2D eigenvalue weighted by atomic mass is 10.3. The summed E-state index contributed by atoms with van der Waals surface area (Å²) in [7, 11) is 1.78. The second-order valence-electron chi connectivity index (χ2n) is 7.46. The number of benzene rings is 2. The van der Waals surface area contributed by atoms with Crippen molar-refractivity contribution >= 4 is 23.4 Å². The lowest BCUT2D eigenvalue weighted by Crippen LogP contribution is -2.27. The maximum Gasteiger partial charge on any atom is 0.295 e. The van der Waals surface area contributed by atoms with E-state index in [-0.39, 0.29) is 17.2 Å². The number of thioether (sulfide) groups is 1. The van der Waals surface area contributed by atoms with Crippen molar-refractivity contribution in [2.45, 2.75) is 31.2 Å². The summed E-state index contributed by atoms with van der Waals surface area (Å²) in [6.45, 7) is 5.92. The molecule has 0 aliphatic rings. The van der Waals surface area contributed by atoms with Gasteiger partial charge in [0.15, 0.2) is 0 Å². The van der Waals surface area contributed by atoms with Crippen LogP contribution in [0.1, 0.15) is 19.5 Å². The van der Waals surface area contributed by atoms with E-state index >= 15 is 0 Å². The standard InChI is InChI=1S/C23H25N7O3S/c1-5-33-19-14-10-9-13-18(19)29-23(25-26-27-29)34-16(3)21(31)24-20-15(2)28(4)30(22(20)32)17-11-7-6-8-12-17/h6-14,16H,5H2,1-4H3,(H,24,31). The first-order chi connectivity index (χ1) is 16.4. The molecule has 0 saturated carbocycles. The quantitative estimate of drug-likeness (QED) is 0.387. The Morgan fingerprint density at radius 3 is 2.59 bits per heavy atom. The normalized spacial score (nSPS) is 11.9. The molecule has 1 unspecified atom stereocenters. The Bertz CT molecular complexity index is 1360. The molecule has 2 aromatic carbocycles. The van der Waals surface area contributed by atoms with Gasteiger partial charge in [-0.15, -0.1) is 5.10 Å². The average molecular weight is 480 g/mol. The third-order valence-electron chi connectivity index (χ3n) is 5.29. The highest BCUT2D eigenvalue weighted by molar-refractivity contribution is 8.00. The summed E-state index contributed by atoms with van der Waals surface area (Å²) in [5.74, 6) is 0.307. The first kappa shape index (κ1) is 23.3. The second kappa shape index (κ2) is 9.96. The third-order valence-corrected chi connectivity index (χ3v) is 6.32. The summed E-state index contributed by atoms with van der Waals surface area (Å²) in [5, 5.41) is 14.6. The van der Waals surface area contributed by atoms with E-state index in [9.17, 15) is 9.59 Å². The number of para-hydroxylation sites is 3. The summed E-state index contributed by atoms with van der Waals surface area (Å²) in [6.07, 6.45) is 0. The molecule has 0 spiro atoms. The number of anilines is 1. The lowest BCUT2D eigenvalue weighted by Gasteiger charge is -2.13. The number of carbonyl (C=O) groups excluding carboxylic acids is 1. The van der Waals surface area contributed by atoms with Crippen LogP contribution in [-0.2, 0) is 11.8 Å². The highest BCUT2D eigenvalue weighted by atomic mass is 32.2. The van der Waals surface area contributed by atoms with Crippen molar-refractivity contribution in [2.24, 2.45) is 7.05 Å². The molecule has 10 nitrogen and oxygen atoms in total. The lowest BCUT2D eigenvalue weighted by molar-refractivity contribution is -0.115. The van der Waals surface area contributed by atoms with Crippen molar-refractivity contribution in [2.75, 3.05) is 11.9 Å². The molecule has 11 heteroatoms. The maximum absolute atomic E-state index is 13.1. The van der Waals surface area contributed by atoms with Crippen LogP contribution in [0.2, 0.25) is 0 Å². The SMILES string of the molecule is CCOc1ccccc1-n1nnnc1SC(C)C(=O)Nc1c(C)n(C)n(-c2ccccc2)c1=O. The van der Waals surface area contributed by atoms with Gasteiger partial charge in [0.2, 0.25) is 11.1 Å². The van der Waals surface area contributed by atoms with Crippen LogP contribution in [0, 0.1) is 6.92 Å². The number of rotatable bonds is 8. The summed E-state index contributed by atoms with van der Waals surface area (Å²) in [6, 6.07) is 16.7. The highest BCUT2D eigenvalue weighted by Crippen LogP contribution is 2.28. The molecule has 0 bridgehead atoms. The Hall–Kier alpha value is -3.86. The predicted octanol–water partition coefficient (Wildman–Crippen LogP) is 2.98. The second-order valence-corrected chi connectivity index (χ2v) is 8.77. The molecule has 176 valence electrons. The molecular formula is C23H25N7O3S. The van der Waals surface area contributed by atoms with Gasteiger partial charge in [-0.25, -0.2) is 4.68 Å². The molecule has 1 atom stereocenters. The number of hydrogen-bond donors (Lipinski definition) is 1. The van der Waals surface area contributed by atoms with Gasteiger partial charge >= 0.3 is 0 Å². The topological polar surface area (TPSA) is 109 Å². The number of hydrogen-bond acceptors (Lipinski definition) is 7. The van der Waals surface area contributed by atoms with Crippen LogP contribution in [0.25, 0.3) is 11.4 Å². The van der Waals surface area contributed by atoms with E-state index in [4.69, 9.17) is 4.74 Å². The van der Waals surface area contributed by atoms with Crippen molar-refractivity contribution < 1.29 is 9.53 Å². The van der Waals surface area contributed by atoms with Crippen molar-refractivity contribution in [3.05, 3.63) is 70.6 Å². The van der Waals surface area contributed by atoms with Crippen LogP contribution in [0.15, 0.2) is 64.5 Å². The van der Waals surface area contributed by atoms with Gasteiger partial charge in [-0.2, -0.15) is 4.68 Å². The minimum absolute atomic E-state index is 0.241. The monoisotopic (exact) mass is 479 g/mol. The van der Waals surface area contributed by atoms with Crippen molar-refractivity contribution in [1.82, 2.24) is 29.6 Å². The van der Waals surface area contributed by atoms with Gasteiger partial charge in [0, 0.05) is 7.05 Å². The number of nitrogens with one attached hydrogen (secondary N) is 1. The number of amides is 1. The van der Waals surface area contributed by atoms with E-state index in [1.807, 2.05) is 61.5 Å². The maximum atomic E-state index is 13.1. The minimum Gasteiger partial charge on any atom is -0.492 e. The smallest absolute Gasteiger partial charge is 0.295 e. The first-order valence-corrected chi connectivity index (χ1v) is 11.6. The Morgan fingerprint density at radius 2 is 1.85 bits per heavy atom. The zero-order valence-electron chi connectivity index (χ0n) is 19.3. The number of ether oxygens (including phenoxy) is 1. The van der Waals surface area contributed by atoms with E-state index in [1.165, 1.54) is 21.1 Å². The fourth-order valence-electron chi connectivity index (χ4n) is 3.46. The van der Waals surface area contributed by atoms with Gasteiger partial charge in [0.25, 0.3) is 5.56 Å². The van der Waals surface area contributed by atoms with Crippen LogP contribution in [0.5, 0.6) is 5.75 Å². The van der Waals surface area contributed by atoms with Crippen molar-refractivity contribution in [1.29, 1.82) is 0 Å². The summed E-state index contributed by atoms with van der Waals surface area (Å²) in [5.41, 5.74) is 1.98. The summed E-state index contributed by atoms with van der Waals surface area (Å²) < 4.78 is 10.5. The third kappa shape index (κ3) is 4.46. The van der Waals surface area contributed by atoms with E-state index in [0.29, 0.717) is 34.6 Å². The molecule has 2 heterocycles. The molecule has 0 fully saturated rings. The van der Waals surface area contributed by atoms with Gasteiger partial charge in [0.1, 0.15) is 17.1 Å². The summed E-state index contributed by atoms with van der Waals surface area (Å²) in [4.78, 5) is 26.1. The molecular weight excluding hydrogens is 454 g/mol. The Labute approximate surface area is 200 Å². The van der Waals surface area contributed by atoms with Gasteiger partial charge in [-0.3, -0.25) is 14.3 Å². The van der Waals surface area contributed by atoms with E-state index in [0.717, 1.165) is 0 Å². The largest absolute Gasteiger partial charge is 0.492 e. The Balaban J connectivity index is 1.55. The summed E-state index contributed by atoms with van der Waals surface area (Å²) >= 11 is 1.19. The number of nitrogens with zero attached hydrogens (tertiary/aromatic N) is 6.